The lowest BCUT2D eigenvalue weighted by molar-refractivity contribution is 0.171. The molecule has 1 aliphatic carbocycles. The zero-order chi connectivity index (χ0) is 32.7. The van der Waals surface area contributed by atoms with Crippen molar-refractivity contribution in [3.63, 3.8) is 0 Å². The molecule has 1 saturated heterocycles. The number of amides is 2. The Balaban J connectivity index is 1.08. The van der Waals surface area contributed by atoms with Crippen LogP contribution >= 0.6 is 0 Å². The predicted octanol–water partition coefficient (Wildman–Crippen LogP) is 7.11. The molecule has 0 saturated carbocycles. The Kier molecular flexibility index (Phi) is 8.21. The molecule has 2 aromatic carbocycles. The number of aromatic nitrogens is 5. The Labute approximate surface area is 276 Å². The van der Waals surface area contributed by atoms with Crippen LogP contribution in [0.2, 0.25) is 0 Å². The van der Waals surface area contributed by atoms with E-state index in [1.54, 1.807) is 0 Å². The van der Waals surface area contributed by atoms with E-state index in [1.807, 2.05) is 65.5 Å². The van der Waals surface area contributed by atoms with Crippen LogP contribution in [0.25, 0.3) is 11.3 Å². The summed E-state index contributed by atoms with van der Waals surface area (Å²) in [5.41, 5.74) is 5.77. The molecule has 2 amide bonds. The third kappa shape index (κ3) is 6.47. The largest absolute Gasteiger partial charge is 0.484 e. The van der Waals surface area contributed by atoms with Crippen LogP contribution in [0.4, 0.5) is 10.6 Å². The molecule has 0 radical (unpaired) electrons. The number of carbonyl (C=O) groups excluding carboxylic acids is 1. The van der Waals surface area contributed by atoms with Crippen LogP contribution in [0.5, 0.6) is 5.75 Å². The van der Waals surface area contributed by atoms with Crippen LogP contribution in [-0.2, 0) is 5.41 Å². The lowest BCUT2D eigenvalue weighted by Crippen LogP contribution is -2.36. The van der Waals surface area contributed by atoms with Gasteiger partial charge in [-0.25, -0.2) is 9.48 Å². The summed E-state index contributed by atoms with van der Waals surface area (Å²) in [7, 11) is 2.17. The molecule has 2 N–H and O–H groups in total. The average Bonchev–Trinajstić information content (AvgIpc) is 3.67. The standard InChI is InChI=1S/C37H44N8O2/c1-24-12-14-26(15-13-24)45-34(21-32(42-45)37(2,3)4)39-36(46)38-30-17-18-31(29-11-7-6-10-28(29)30)47-27-16-19-33-40-41-35(44(33)23-27)25-9-8-20-43(5)22-25/h6-7,10-16,19,21,23,25,30-31H,8-9,17-18,20,22H2,1-5H3,(H2,38,39,46)/t25-,30+,31-/m1/s1. The van der Waals surface area contributed by atoms with Gasteiger partial charge in [-0.3, -0.25) is 9.72 Å². The number of hydrogen-bond donors (Lipinski definition) is 2. The van der Waals surface area contributed by atoms with Gasteiger partial charge < -0.3 is 15.0 Å². The highest BCUT2D eigenvalue weighted by Gasteiger charge is 2.31. The molecular formula is C37H44N8O2. The first-order chi connectivity index (χ1) is 22.6. The Bertz CT molecular complexity index is 1890. The van der Waals surface area contributed by atoms with Gasteiger partial charge in [0.15, 0.2) is 5.65 Å². The molecule has 7 rings (SSSR count). The molecule has 10 heteroatoms. The third-order valence-electron chi connectivity index (χ3n) is 9.41. The second kappa shape index (κ2) is 12.5. The number of nitrogens with zero attached hydrogens (tertiary/aromatic N) is 6. The fourth-order valence-corrected chi connectivity index (χ4v) is 6.83. The zero-order valence-corrected chi connectivity index (χ0v) is 27.9. The number of likely N-dealkylation sites (tertiary alicyclic amines) is 1. The highest BCUT2D eigenvalue weighted by atomic mass is 16.5. The van der Waals surface area contributed by atoms with Crippen LogP contribution in [0.15, 0.2) is 72.9 Å². The topological polar surface area (TPSA) is 102 Å². The van der Waals surface area contributed by atoms with Crippen LogP contribution in [0.1, 0.15) is 92.7 Å². The summed E-state index contributed by atoms with van der Waals surface area (Å²) in [6, 6.07) is 21.9. The molecule has 244 valence electrons. The van der Waals surface area contributed by atoms with E-state index in [0.29, 0.717) is 11.7 Å². The van der Waals surface area contributed by atoms with E-state index in [1.165, 1.54) is 5.56 Å². The Morgan fingerprint density at radius 3 is 2.51 bits per heavy atom. The fourth-order valence-electron chi connectivity index (χ4n) is 6.83. The molecule has 2 aliphatic rings. The second-order valence-electron chi connectivity index (χ2n) is 14.1. The highest BCUT2D eigenvalue weighted by Crippen LogP contribution is 2.39. The number of piperidine rings is 1. The maximum absolute atomic E-state index is 13.5. The minimum Gasteiger partial charge on any atom is -0.484 e. The summed E-state index contributed by atoms with van der Waals surface area (Å²) in [4.78, 5) is 15.9. The number of ether oxygens (including phenoxy) is 1. The summed E-state index contributed by atoms with van der Waals surface area (Å²) < 4.78 is 10.6. The van der Waals surface area contributed by atoms with Gasteiger partial charge in [-0.15, -0.1) is 10.2 Å². The molecule has 4 heterocycles. The second-order valence-corrected chi connectivity index (χ2v) is 14.1. The molecular weight excluding hydrogens is 588 g/mol. The highest BCUT2D eigenvalue weighted by molar-refractivity contribution is 5.89. The summed E-state index contributed by atoms with van der Waals surface area (Å²) >= 11 is 0. The van der Waals surface area contributed by atoms with Gasteiger partial charge in [0.2, 0.25) is 0 Å². The summed E-state index contributed by atoms with van der Waals surface area (Å²) in [5.74, 6) is 2.76. The molecule has 1 aliphatic heterocycles. The first-order valence-electron chi connectivity index (χ1n) is 16.7. The van der Waals surface area contributed by atoms with Gasteiger partial charge in [0.1, 0.15) is 23.5 Å². The lowest BCUT2D eigenvalue weighted by atomic mass is 9.85. The van der Waals surface area contributed by atoms with Crippen molar-refractivity contribution < 1.29 is 9.53 Å². The number of nitrogens with one attached hydrogen (secondary N) is 2. The Hall–Kier alpha value is -4.70. The number of urea groups is 1. The van der Waals surface area contributed by atoms with Crippen molar-refractivity contribution in [2.45, 2.75) is 76.9 Å². The smallest absolute Gasteiger partial charge is 0.320 e. The maximum atomic E-state index is 13.5. The predicted molar refractivity (Wildman–Crippen MR) is 183 cm³/mol. The van der Waals surface area contributed by atoms with Crippen LogP contribution in [-0.4, -0.2) is 55.4 Å². The van der Waals surface area contributed by atoms with Crippen LogP contribution in [0, 0.1) is 6.92 Å². The number of fused-ring (bicyclic) bond motifs is 2. The van der Waals surface area contributed by atoms with Crippen molar-refractivity contribution in [2.24, 2.45) is 0 Å². The molecule has 5 aromatic rings. The van der Waals surface area contributed by atoms with Crippen molar-refractivity contribution in [3.8, 4) is 11.4 Å². The molecule has 47 heavy (non-hydrogen) atoms. The fraction of sp³-hybridized carbons (Fsp3) is 0.405. The number of anilines is 1. The van der Waals surface area contributed by atoms with Crippen molar-refractivity contribution in [3.05, 3.63) is 101 Å². The van der Waals surface area contributed by atoms with Crippen molar-refractivity contribution >= 4 is 17.5 Å². The van der Waals surface area contributed by atoms with Crippen LogP contribution in [0.3, 0.4) is 0 Å². The van der Waals surface area contributed by atoms with E-state index in [2.05, 4.69) is 77.0 Å². The number of rotatable bonds is 6. The Morgan fingerprint density at radius 1 is 0.957 bits per heavy atom. The molecule has 0 spiro atoms. The first-order valence-corrected chi connectivity index (χ1v) is 16.7. The summed E-state index contributed by atoms with van der Waals surface area (Å²) in [6.45, 7) is 10.5. The Morgan fingerprint density at radius 2 is 1.74 bits per heavy atom. The van der Waals surface area contributed by atoms with Crippen LogP contribution < -0.4 is 15.4 Å². The van der Waals surface area contributed by atoms with Gasteiger partial charge in [-0.1, -0.05) is 62.7 Å². The quantitative estimate of drug-likeness (QED) is 0.207. The van der Waals surface area contributed by atoms with Gasteiger partial charge in [0, 0.05) is 23.9 Å². The maximum Gasteiger partial charge on any atom is 0.320 e. The van der Waals surface area contributed by atoms with Gasteiger partial charge >= 0.3 is 6.03 Å². The minimum atomic E-state index is -0.267. The summed E-state index contributed by atoms with van der Waals surface area (Å²) in [5, 5.41) is 20.2. The summed E-state index contributed by atoms with van der Waals surface area (Å²) in [6.07, 6.45) is 5.67. The van der Waals surface area contributed by atoms with E-state index < -0.39 is 0 Å². The van der Waals surface area contributed by atoms with E-state index >= 15 is 0 Å². The zero-order valence-electron chi connectivity index (χ0n) is 27.9. The SMILES string of the molecule is Cc1ccc(-n2nc(C(C)(C)C)cc2NC(=O)N[C@H]2CC[C@@H](Oc3ccc4nnc([C@@H]5CCCN(C)C5)n4c3)c3ccccc32)cc1. The van der Waals surface area contributed by atoms with Crippen molar-refractivity contribution in [1.82, 2.24) is 34.6 Å². The van der Waals surface area contributed by atoms with E-state index in [4.69, 9.17) is 9.84 Å². The molecule has 0 bridgehead atoms. The number of hydrogen-bond acceptors (Lipinski definition) is 6. The average molecular weight is 633 g/mol. The number of benzene rings is 2. The number of likely N-dealkylation sites (N-methyl/N-ethyl adjacent to an activating group) is 1. The molecule has 3 aromatic heterocycles. The van der Waals surface area contributed by atoms with E-state index in [9.17, 15) is 4.79 Å². The van der Waals surface area contributed by atoms with E-state index in [0.717, 1.165) is 78.5 Å². The van der Waals surface area contributed by atoms with Gasteiger partial charge in [-0.05, 0) is 81.6 Å². The molecule has 3 atom stereocenters. The van der Waals surface area contributed by atoms with Gasteiger partial charge in [0.25, 0.3) is 0 Å². The monoisotopic (exact) mass is 632 g/mol. The van der Waals surface area contributed by atoms with E-state index in [-0.39, 0.29) is 23.6 Å². The lowest BCUT2D eigenvalue weighted by Gasteiger charge is -2.32. The first kappa shape index (κ1) is 30.9. The van der Waals surface area contributed by atoms with Crippen molar-refractivity contribution in [2.75, 3.05) is 25.5 Å². The minimum absolute atomic E-state index is 0.136. The molecule has 10 nitrogen and oxygen atoms in total. The number of carbonyl (C=O) groups is 1. The molecule has 1 fully saturated rings. The van der Waals surface area contributed by atoms with Crippen molar-refractivity contribution in [1.29, 1.82) is 0 Å². The molecule has 0 unspecified atom stereocenters. The number of pyridine rings is 1. The van der Waals surface area contributed by atoms with Gasteiger partial charge in [0.05, 0.1) is 23.6 Å². The normalized spacial score (nSPS) is 20.1. The number of aryl methyl sites for hydroxylation is 1. The third-order valence-corrected chi connectivity index (χ3v) is 9.41. The van der Waals surface area contributed by atoms with Gasteiger partial charge in [-0.2, -0.15) is 5.10 Å².